The van der Waals surface area contributed by atoms with Crippen LogP contribution in [0.25, 0.3) is 0 Å². The molecule has 0 atom stereocenters. The molecule has 0 radical (unpaired) electrons. The lowest BCUT2D eigenvalue weighted by molar-refractivity contribution is 0.200. The molecule has 0 aliphatic heterocycles. The van der Waals surface area contributed by atoms with Crippen molar-refractivity contribution in [3.05, 3.63) is 22.4 Å². The first-order chi connectivity index (χ1) is 5.88. The highest BCUT2D eigenvalue weighted by Crippen LogP contribution is 2.35. The first kappa shape index (κ1) is 8.27. The Bertz CT molecular complexity index is 224. The number of nitrogens with two attached hydrogens (primary N) is 1. The summed E-state index contributed by atoms with van der Waals surface area (Å²) in [6.07, 6.45) is 4.00. The van der Waals surface area contributed by atoms with Gasteiger partial charge in [-0.05, 0) is 49.1 Å². The van der Waals surface area contributed by atoms with Crippen molar-refractivity contribution in [2.45, 2.75) is 19.3 Å². The summed E-state index contributed by atoms with van der Waals surface area (Å²) < 4.78 is 0. The van der Waals surface area contributed by atoms with Gasteiger partial charge in [0.2, 0.25) is 0 Å². The van der Waals surface area contributed by atoms with Crippen LogP contribution in [-0.4, -0.2) is 6.54 Å². The maximum atomic E-state index is 5.57. The van der Waals surface area contributed by atoms with Gasteiger partial charge in [0.05, 0.1) is 0 Å². The van der Waals surface area contributed by atoms with E-state index in [1.807, 2.05) is 11.3 Å². The molecule has 1 saturated carbocycles. The Balaban J connectivity index is 1.77. The lowest BCUT2D eigenvalue weighted by Crippen LogP contribution is -2.30. The van der Waals surface area contributed by atoms with Crippen molar-refractivity contribution in [3.8, 4) is 0 Å². The van der Waals surface area contributed by atoms with Crippen LogP contribution in [0.5, 0.6) is 0 Å². The zero-order valence-electron chi connectivity index (χ0n) is 7.20. The molecule has 1 aromatic heterocycles. The highest BCUT2D eigenvalue weighted by molar-refractivity contribution is 7.09. The molecule has 1 fully saturated rings. The molecule has 66 valence electrons. The zero-order valence-corrected chi connectivity index (χ0v) is 8.02. The van der Waals surface area contributed by atoms with Crippen molar-refractivity contribution in [2.75, 3.05) is 6.54 Å². The monoisotopic (exact) mass is 181 g/mol. The van der Waals surface area contributed by atoms with E-state index in [2.05, 4.69) is 17.5 Å². The summed E-state index contributed by atoms with van der Waals surface area (Å²) in [5.41, 5.74) is 5.57. The Hall–Kier alpha value is -0.340. The van der Waals surface area contributed by atoms with Gasteiger partial charge in [0.25, 0.3) is 0 Å². The topological polar surface area (TPSA) is 26.0 Å². The Morgan fingerprint density at radius 2 is 2.25 bits per heavy atom. The summed E-state index contributed by atoms with van der Waals surface area (Å²) in [4.78, 5) is 1.54. The van der Waals surface area contributed by atoms with Gasteiger partial charge in [0.15, 0.2) is 0 Å². The lowest BCUT2D eigenvalue weighted by atomic mass is 9.73. The van der Waals surface area contributed by atoms with E-state index in [0.717, 1.165) is 18.4 Å². The second kappa shape index (κ2) is 3.58. The second-order valence-corrected chi connectivity index (χ2v) is 4.75. The third-order valence-corrected chi connectivity index (χ3v) is 3.64. The standard InChI is InChI=1S/C10H15NS/c11-7-9-4-8(5-9)6-10-2-1-3-12-10/h1-3,8-9H,4-7,11H2. The first-order valence-electron chi connectivity index (χ1n) is 4.61. The minimum Gasteiger partial charge on any atom is -0.330 e. The molecule has 2 rings (SSSR count). The molecule has 0 amide bonds. The van der Waals surface area contributed by atoms with Crippen LogP contribution in [0.4, 0.5) is 0 Å². The largest absolute Gasteiger partial charge is 0.330 e. The number of thiophene rings is 1. The van der Waals surface area contributed by atoms with Crippen LogP contribution in [0.15, 0.2) is 17.5 Å². The molecule has 0 spiro atoms. The minimum atomic E-state index is 0.829. The van der Waals surface area contributed by atoms with Gasteiger partial charge in [-0.1, -0.05) is 6.07 Å². The third kappa shape index (κ3) is 1.70. The van der Waals surface area contributed by atoms with Crippen molar-refractivity contribution >= 4 is 11.3 Å². The Labute approximate surface area is 77.6 Å². The van der Waals surface area contributed by atoms with Crippen LogP contribution in [0.2, 0.25) is 0 Å². The summed E-state index contributed by atoms with van der Waals surface area (Å²) >= 11 is 1.88. The predicted molar refractivity (Wildman–Crippen MR) is 53.3 cm³/mol. The molecule has 1 aliphatic rings. The summed E-state index contributed by atoms with van der Waals surface area (Å²) in [6, 6.07) is 4.37. The fraction of sp³-hybridized carbons (Fsp3) is 0.600. The molecule has 1 nitrogen and oxygen atoms in total. The molecule has 2 heteroatoms. The average Bonchev–Trinajstić information content (AvgIpc) is 2.47. The minimum absolute atomic E-state index is 0.829. The number of rotatable bonds is 3. The maximum Gasteiger partial charge on any atom is 0.00479 e. The summed E-state index contributed by atoms with van der Waals surface area (Å²) in [6.45, 7) is 0.890. The van der Waals surface area contributed by atoms with Gasteiger partial charge in [-0.15, -0.1) is 11.3 Å². The van der Waals surface area contributed by atoms with Crippen LogP contribution in [0, 0.1) is 11.8 Å². The molecule has 1 aromatic rings. The lowest BCUT2D eigenvalue weighted by Gasteiger charge is -2.34. The quantitative estimate of drug-likeness (QED) is 0.760. The van der Waals surface area contributed by atoms with E-state index in [1.165, 1.54) is 24.1 Å². The van der Waals surface area contributed by atoms with Crippen LogP contribution >= 0.6 is 11.3 Å². The molecular formula is C10H15NS. The molecule has 0 saturated heterocycles. The van der Waals surface area contributed by atoms with Crippen molar-refractivity contribution in [2.24, 2.45) is 17.6 Å². The molecule has 0 aromatic carbocycles. The van der Waals surface area contributed by atoms with Gasteiger partial charge in [0, 0.05) is 4.88 Å². The molecule has 1 aliphatic carbocycles. The van der Waals surface area contributed by atoms with E-state index in [-0.39, 0.29) is 0 Å². The Morgan fingerprint density at radius 1 is 1.42 bits per heavy atom. The molecule has 0 bridgehead atoms. The van der Waals surface area contributed by atoms with Gasteiger partial charge in [-0.3, -0.25) is 0 Å². The van der Waals surface area contributed by atoms with Crippen molar-refractivity contribution in [1.82, 2.24) is 0 Å². The highest BCUT2D eigenvalue weighted by atomic mass is 32.1. The Kier molecular flexibility index (Phi) is 2.47. The average molecular weight is 181 g/mol. The van der Waals surface area contributed by atoms with E-state index in [1.54, 1.807) is 0 Å². The van der Waals surface area contributed by atoms with Gasteiger partial charge in [0.1, 0.15) is 0 Å². The van der Waals surface area contributed by atoms with Gasteiger partial charge >= 0.3 is 0 Å². The fourth-order valence-electron chi connectivity index (χ4n) is 1.95. The van der Waals surface area contributed by atoms with E-state index < -0.39 is 0 Å². The van der Waals surface area contributed by atoms with Crippen LogP contribution in [-0.2, 0) is 6.42 Å². The van der Waals surface area contributed by atoms with E-state index >= 15 is 0 Å². The SMILES string of the molecule is NCC1CC(Cc2cccs2)C1. The summed E-state index contributed by atoms with van der Waals surface area (Å²) in [5.74, 6) is 1.76. The predicted octanol–water partition coefficient (Wildman–Crippen LogP) is 2.28. The highest BCUT2D eigenvalue weighted by Gasteiger charge is 2.27. The molecular weight excluding hydrogens is 166 g/mol. The normalized spacial score (nSPS) is 28.4. The van der Waals surface area contributed by atoms with Crippen molar-refractivity contribution in [1.29, 1.82) is 0 Å². The van der Waals surface area contributed by atoms with Gasteiger partial charge in [-0.2, -0.15) is 0 Å². The molecule has 1 heterocycles. The number of hydrogen-bond donors (Lipinski definition) is 1. The van der Waals surface area contributed by atoms with Crippen LogP contribution < -0.4 is 5.73 Å². The first-order valence-corrected chi connectivity index (χ1v) is 5.49. The smallest absolute Gasteiger partial charge is 0.00479 e. The maximum absolute atomic E-state index is 5.57. The van der Waals surface area contributed by atoms with E-state index in [0.29, 0.717) is 0 Å². The van der Waals surface area contributed by atoms with Crippen molar-refractivity contribution in [3.63, 3.8) is 0 Å². The molecule has 2 N–H and O–H groups in total. The zero-order chi connectivity index (χ0) is 8.39. The van der Waals surface area contributed by atoms with E-state index in [4.69, 9.17) is 5.73 Å². The summed E-state index contributed by atoms with van der Waals surface area (Å²) in [5, 5.41) is 2.16. The van der Waals surface area contributed by atoms with Gasteiger partial charge < -0.3 is 5.73 Å². The van der Waals surface area contributed by atoms with E-state index in [9.17, 15) is 0 Å². The Morgan fingerprint density at radius 3 is 2.83 bits per heavy atom. The van der Waals surface area contributed by atoms with Crippen LogP contribution in [0.3, 0.4) is 0 Å². The third-order valence-electron chi connectivity index (χ3n) is 2.74. The van der Waals surface area contributed by atoms with Crippen molar-refractivity contribution < 1.29 is 0 Å². The molecule has 12 heavy (non-hydrogen) atoms. The second-order valence-electron chi connectivity index (χ2n) is 3.72. The number of hydrogen-bond acceptors (Lipinski definition) is 2. The van der Waals surface area contributed by atoms with Gasteiger partial charge in [-0.25, -0.2) is 0 Å². The fourth-order valence-corrected chi connectivity index (χ4v) is 2.77. The molecule has 0 unspecified atom stereocenters. The summed E-state index contributed by atoms with van der Waals surface area (Å²) in [7, 11) is 0. The van der Waals surface area contributed by atoms with Crippen LogP contribution in [0.1, 0.15) is 17.7 Å².